The summed E-state index contributed by atoms with van der Waals surface area (Å²) in [6.45, 7) is 3.71. The number of ether oxygens (including phenoxy) is 1. The molecule has 1 aromatic heterocycles. The van der Waals surface area contributed by atoms with Crippen molar-refractivity contribution in [2.75, 3.05) is 13.1 Å². The van der Waals surface area contributed by atoms with Crippen LogP contribution in [0.15, 0.2) is 57.7 Å². The maximum atomic E-state index is 12.4. The van der Waals surface area contributed by atoms with Gasteiger partial charge >= 0.3 is 11.6 Å². The molecule has 1 aliphatic heterocycles. The van der Waals surface area contributed by atoms with Crippen LogP contribution in [0.4, 0.5) is 0 Å². The van der Waals surface area contributed by atoms with Crippen LogP contribution in [-0.4, -0.2) is 41.7 Å². The van der Waals surface area contributed by atoms with E-state index < -0.39 is 35.9 Å². The van der Waals surface area contributed by atoms with Crippen LogP contribution < -0.4 is 15.7 Å². The average Bonchev–Trinajstić information content (AvgIpc) is 3.02. The van der Waals surface area contributed by atoms with E-state index in [-0.39, 0.29) is 33.9 Å². The third-order valence-electron chi connectivity index (χ3n) is 5.02. The second-order valence-corrected chi connectivity index (χ2v) is 7.97. The normalized spacial score (nSPS) is 12.9. The molecule has 0 radical (unpaired) electrons. The Morgan fingerprint density at radius 3 is 2.30 bits per heavy atom. The van der Waals surface area contributed by atoms with Crippen LogP contribution >= 0.6 is 0 Å². The number of nitrogens with one attached hydrogen (secondary N) is 1. The van der Waals surface area contributed by atoms with E-state index in [0.717, 1.165) is 4.90 Å². The Bertz CT molecular complexity index is 1320. The molecule has 0 atom stereocenters. The number of imide groups is 1. The van der Waals surface area contributed by atoms with Gasteiger partial charge in [0.05, 0.1) is 11.1 Å². The Labute approximate surface area is 187 Å². The predicted octanol–water partition coefficient (Wildman–Crippen LogP) is 2.38. The van der Waals surface area contributed by atoms with Gasteiger partial charge in [-0.25, -0.2) is 9.59 Å². The molecule has 3 aromatic rings. The third kappa shape index (κ3) is 4.38. The first-order chi connectivity index (χ1) is 15.7. The summed E-state index contributed by atoms with van der Waals surface area (Å²) < 4.78 is 10.5. The molecule has 0 unspecified atom stereocenters. The van der Waals surface area contributed by atoms with Crippen molar-refractivity contribution in [1.29, 1.82) is 0 Å². The van der Waals surface area contributed by atoms with Gasteiger partial charge in [-0.1, -0.05) is 26.0 Å². The Hall–Kier alpha value is -4.27. The molecule has 0 saturated carbocycles. The van der Waals surface area contributed by atoms with Gasteiger partial charge in [-0.3, -0.25) is 19.3 Å². The highest BCUT2D eigenvalue weighted by atomic mass is 16.5. The fourth-order valence-electron chi connectivity index (χ4n) is 3.38. The number of hydrogen-bond acceptors (Lipinski definition) is 7. The molecule has 9 heteroatoms. The summed E-state index contributed by atoms with van der Waals surface area (Å²) in [7, 11) is 0. The Morgan fingerprint density at radius 2 is 1.67 bits per heavy atom. The van der Waals surface area contributed by atoms with Crippen molar-refractivity contribution in [3.8, 4) is 5.75 Å². The van der Waals surface area contributed by atoms with E-state index >= 15 is 0 Å². The monoisotopic (exact) mass is 448 g/mol. The van der Waals surface area contributed by atoms with Crippen molar-refractivity contribution < 1.29 is 28.3 Å². The number of esters is 1. The minimum absolute atomic E-state index is 0.0595. The molecule has 168 valence electrons. The molecule has 33 heavy (non-hydrogen) atoms. The molecule has 0 spiro atoms. The zero-order chi connectivity index (χ0) is 23.7. The van der Waals surface area contributed by atoms with Gasteiger partial charge in [-0.05, 0) is 36.2 Å². The number of amides is 3. The van der Waals surface area contributed by atoms with Crippen molar-refractivity contribution in [3.05, 3.63) is 75.6 Å². The lowest BCUT2D eigenvalue weighted by Gasteiger charge is -2.13. The minimum Gasteiger partial charge on any atom is -0.425 e. The van der Waals surface area contributed by atoms with E-state index in [2.05, 4.69) is 5.32 Å². The molecule has 0 bridgehead atoms. The molecule has 0 saturated heterocycles. The number of fused-ring (bicyclic) bond motifs is 2. The molecule has 0 fully saturated rings. The molecule has 3 amide bonds. The van der Waals surface area contributed by atoms with Crippen LogP contribution in [0.3, 0.4) is 0 Å². The quantitative estimate of drug-likeness (QED) is 0.266. The molecule has 2 heterocycles. The first-order valence-electron chi connectivity index (χ1n) is 10.3. The van der Waals surface area contributed by atoms with Crippen molar-refractivity contribution >= 4 is 34.7 Å². The highest BCUT2D eigenvalue weighted by Crippen LogP contribution is 2.24. The zero-order valence-electron chi connectivity index (χ0n) is 17.9. The van der Waals surface area contributed by atoms with Gasteiger partial charge in [-0.15, -0.1) is 0 Å². The molecule has 4 rings (SSSR count). The maximum absolute atomic E-state index is 12.4. The zero-order valence-corrected chi connectivity index (χ0v) is 17.9. The van der Waals surface area contributed by atoms with Crippen LogP contribution in [0, 0.1) is 5.92 Å². The summed E-state index contributed by atoms with van der Waals surface area (Å²) in [5.74, 6) is -2.23. The number of carbonyl (C=O) groups is 4. The minimum atomic E-state index is -0.837. The van der Waals surface area contributed by atoms with Crippen molar-refractivity contribution in [2.45, 2.75) is 13.8 Å². The molecule has 1 aliphatic rings. The molecule has 9 nitrogen and oxygen atoms in total. The number of carbonyl (C=O) groups excluding carboxylic acids is 4. The predicted molar refractivity (Wildman–Crippen MR) is 117 cm³/mol. The van der Waals surface area contributed by atoms with E-state index in [0.29, 0.717) is 11.9 Å². The van der Waals surface area contributed by atoms with Gasteiger partial charge in [0.15, 0.2) is 0 Å². The Kier molecular flexibility index (Phi) is 5.78. The molecular formula is C24H20N2O7. The number of hydrogen-bond donors (Lipinski definition) is 1. The lowest BCUT2D eigenvalue weighted by molar-refractivity contribution is -0.134. The highest BCUT2D eigenvalue weighted by Gasteiger charge is 2.36. The second kappa shape index (κ2) is 8.70. The fraction of sp³-hybridized carbons (Fsp3) is 0.208. The molecular weight excluding hydrogens is 428 g/mol. The summed E-state index contributed by atoms with van der Waals surface area (Å²) in [5, 5.41) is 3.12. The smallest absolute Gasteiger partial charge is 0.349 e. The van der Waals surface area contributed by atoms with E-state index in [1.54, 1.807) is 12.1 Å². The van der Waals surface area contributed by atoms with Crippen LogP contribution in [0.5, 0.6) is 5.75 Å². The van der Waals surface area contributed by atoms with Crippen LogP contribution in [0.25, 0.3) is 11.0 Å². The maximum Gasteiger partial charge on any atom is 0.349 e. The average molecular weight is 448 g/mol. The Balaban J connectivity index is 1.48. The number of benzene rings is 2. The molecule has 0 aliphatic carbocycles. The lowest BCUT2D eigenvalue weighted by atomic mass is 10.1. The molecule has 2 aromatic carbocycles. The standard InChI is InChI=1S/C24H20N2O7/c1-13(2)11-25-21(28)18-9-14-7-8-15(10-19(14)33-24(18)31)32-20(27)12-26-22(29)16-5-3-4-6-17(16)23(26)30/h3-10,13H,11-12H2,1-2H3,(H,25,28). The Morgan fingerprint density at radius 1 is 1.00 bits per heavy atom. The van der Waals surface area contributed by atoms with E-state index in [4.69, 9.17) is 9.15 Å². The van der Waals surface area contributed by atoms with Crippen LogP contribution in [0.2, 0.25) is 0 Å². The van der Waals surface area contributed by atoms with Gasteiger partial charge < -0.3 is 14.5 Å². The van der Waals surface area contributed by atoms with E-state index in [1.165, 1.54) is 36.4 Å². The van der Waals surface area contributed by atoms with E-state index in [1.807, 2.05) is 13.8 Å². The molecule has 1 N–H and O–H groups in total. The van der Waals surface area contributed by atoms with Crippen molar-refractivity contribution in [2.24, 2.45) is 5.92 Å². The highest BCUT2D eigenvalue weighted by molar-refractivity contribution is 6.22. The third-order valence-corrected chi connectivity index (χ3v) is 5.02. The largest absolute Gasteiger partial charge is 0.425 e. The second-order valence-electron chi connectivity index (χ2n) is 7.97. The van der Waals surface area contributed by atoms with Crippen LogP contribution in [0.1, 0.15) is 44.9 Å². The van der Waals surface area contributed by atoms with Gasteiger partial charge in [-0.2, -0.15) is 0 Å². The SMILES string of the molecule is CC(C)CNC(=O)c1cc2ccc(OC(=O)CN3C(=O)c4ccccc4C3=O)cc2oc1=O. The summed E-state index contributed by atoms with van der Waals surface area (Å²) in [6, 6.07) is 12.0. The fourth-order valence-corrected chi connectivity index (χ4v) is 3.38. The van der Waals surface area contributed by atoms with E-state index in [9.17, 15) is 24.0 Å². The van der Waals surface area contributed by atoms with Gasteiger partial charge in [0, 0.05) is 18.0 Å². The lowest BCUT2D eigenvalue weighted by Crippen LogP contribution is -2.36. The van der Waals surface area contributed by atoms with Crippen molar-refractivity contribution in [1.82, 2.24) is 10.2 Å². The summed E-state index contributed by atoms with van der Waals surface area (Å²) >= 11 is 0. The summed E-state index contributed by atoms with van der Waals surface area (Å²) in [5.41, 5.74) is -0.366. The first-order valence-corrected chi connectivity index (χ1v) is 10.3. The van der Waals surface area contributed by atoms with Gasteiger partial charge in [0.25, 0.3) is 17.7 Å². The van der Waals surface area contributed by atoms with Crippen molar-refractivity contribution in [3.63, 3.8) is 0 Å². The van der Waals surface area contributed by atoms with Crippen LogP contribution in [-0.2, 0) is 4.79 Å². The number of nitrogens with zero attached hydrogens (tertiary/aromatic N) is 1. The number of rotatable bonds is 6. The first kappa shape index (κ1) is 21.9. The summed E-state index contributed by atoms with van der Waals surface area (Å²) in [6.07, 6.45) is 0. The van der Waals surface area contributed by atoms with Gasteiger partial charge in [0.2, 0.25) is 0 Å². The van der Waals surface area contributed by atoms with Gasteiger partial charge in [0.1, 0.15) is 23.4 Å². The topological polar surface area (TPSA) is 123 Å². The summed E-state index contributed by atoms with van der Waals surface area (Å²) in [4.78, 5) is 62.4.